The predicted molar refractivity (Wildman–Crippen MR) is 119 cm³/mol. The van der Waals surface area contributed by atoms with Gasteiger partial charge in [-0.3, -0.25) is 4.79 Å². The van der Waals surface area contributed by atoms with Gasteiger partial charge in [0.25, 0.3) is 5.91 Å². The second kappa shape index (κ2) is 10.2. The molecule has 1 saturated heterocycles. The van der Waals surface area contributed by atoms with Crippen LogP contribution in [0.1, 0.15) is 35.2 Å². The van der Waals surface area contributed by atoms with Crippen molar-refractivity contribution >= 4 is 15.9 Å². The lowest BCUT2D eigenvalue weighted by Gasteiger charge is -2.32. The minimum atomic E-state index is -3.63. The van der Waals surface area contributed by atoms with Crippen LogP contribution in [0.4, 0.5) is 0 Å². The Bertz CT molecular complexity index is 997. The third-order valence-corrected chi connectivity index (χ3v) is 7.17. The summed E-state index contributed by atoms with van der Waals surface area (Å²) in [5, 5.41) is 0. The molecule has 0 aliphatic carbocycles. The zero-order valence-corrected chi connectivity index (χ0v) is 19.1. The van der Waals surface area contributed by atoms with Gasteiger partial charge in [-0.25, -0.2) is 13.1 Å². The number of rotatable bonds is 8. The summed E-state index contributed by atoms with van der Waals surface area (Å²) in [6.45, 7) is 3.74. The van der Waals surface area contributed by atoms with E-state index in [1.165, 1.54) is 26.4 Å². The van der Waals surface area contributed by atoms with Gasteiger partial charge in [0.2, 0.25) is 10.0 Å². The number of likely N-dealkylation sites (tertiary alicyclic amines) is 1. The summed E-state index contributed by atoms with van der Waals surface area (Å²) in [5.41, 5.74) is 1.84. The molecule has 0 bridgehead atoms. The highest BCUT2D eigenvalue weighted by Gasteiger charge is 2.24. The van der Waals surface area contributed by atoms with Crippen molar-refractivity contribution in [3.8, 4) is 11.5 Å². The van der Waals surface area contributed by atoms with Crippen molar-refractivity contribution in [3.05, 3.63) is 53.6 Å². The number of sulfonamides is 1. The maximum Gasteiger partial charge on any atom is 0.253 e. The summed E-state index contributed by atoms with van der Waals surface area (Å²) >= 11 is 0. The maximum absolute atomic E-state index is 12.6. The van der Waals surface area contributed by atoms with Crippen LogP contribution in [-0.2, 0) is 10.0 Å². The first-order valence-electron chi connectivity index (χ1n) is 10.4. The summed E-state index contributed by atoms with van der Waals surface area (Å²) in [4.78, 5) is 14.7. The molecule has 168 valence electrons. The molecule has 1 N–H and O–H groups in total. The monoisotopic (exact) mass is 446 g/mol. The molecule has 7 nitrogen and oxygen atoms in total. The van der Waals surface area contributed by atoms with Crippen molar-refractivity contribution < 1.29 is 22.7 Å². The molecule has 1 fully saturated rings. The van der Waals surface area contributed by atoms with E-state index >= 15 is 0 Å². The van der Waals surface area contributed by atoms with Gasteiger partial charge in [-0.1, -0.05) is 17.7 Å². The highest BCUT2D eigenvalue weighted by Crippen LogP contribution is 2.29. The van der Waals surface area contributed by atoms with E-state index in [2.05, 4.69) is 4.72 Å². The predicted octanol–water partition coefficient (Wildman–Crippen LogP) is 3.23. The van der Waals surface area contributed by atoms with Gasteiger partial charge in [0.05, 0.1) is 19.1 Å². The quantitative estimate of drug-likeness (QED) is 0.673. The van der Waals surface area contributed by atoms with Crippen LogP contribution >= 0.6 is 0 Å². The normalized spacial score (nSPS) is 15.0. The Morgan fingerprint density at radius 3 is 2.29 bits per heavy atom. The lowest BCUT2D eigenvalue weighted by atomic mass is 9.93. The van der Waals surface area contributed by atoms with Crippen molar-refractivity contribution in [1.29, 1.82) is 0 Å². The second-order valence-electron chi connectivity index (χ2n) is 7.80. The fraction of sp³-hybridized carbons (Fsp3) is 0.435. The first-order chi connectivity index (χ1) is 14.8. The van der Waals surface area contributed by atoms with Gasteiger partial charge >= 0.3 is 0 Å². The molecule has 0 saturated carbocycles. The molecule has 31 heavy (non-hydrogen) atoms. The molecule has 0 atom stereocenters. The molecule has 2 aromatic carbocycles. The maximum atomic E-state index is 12.6. The fourth-order valence-electron chi connectivity index (χ4n) is 3.77. The number of piperidine rings is 1. The van der Waals surface area contributed by atoms with Crippen LogP contribution in [0.5, 0.6) is 11.5 Å². The van der Waals surface area contributed by atoms with Gasteiger partial charge in [0.1, 0.15) is 0 Å². The first-order valence-corrected chi connectivity index (χ1v) is 11.9. The Balaban J connectivity index is 1.48. The molecule has 0 unspecified atom stereocenters. The molecule has 2 aromatic rings. The summed E-state index contributed by atoms with van der Waals surface area (Å²) < 4.78 is 38.2. The molecule has 1 heterocycles. The third-order valence-electron chi connectivity index (χ3n) is 5.71. The second-order valence-corrected chi connectivity index (χ2v) is 9.57. The Morgan fingerprint density at radius 1 is 1.03 bits per heavy atom. The van der Waals surface area contributed by atoms with Crippen LogP contribution in [0.15, 0.2) is 47.4 Å². The van der Waals surface area contributed by atoms with Crippen molar-refractivity contribution in [1.82, 2.24) is 9.62 Å². The molecule has 1 amide bonds. The highest BCUT2D eigenvalue weighted by atomic mass is 32.2. The Hall–Kier alpha value is -2.58. The molecule has 1 aliphatic rings. The zero-order chi connectivity index (χ0) is 22.4. The van der Waals surface area contributed by atoms with Gasteiger partial charge in [0, 0.05) is 31.3 Å². The van der Waals surface area contributed by atoms with Crippen molar-refractivity contribution in [2.45, 2.75) is 31.1 Å². The minimum absolute atomic E-state index is 0.0626. The smallest absolute Gasteiger partial charge is 0.253 e. The van der Waals surface area contributed by atoms with Crippen molar-refractivity contribution in [2.75, 3.05) is 33.9 Å². The Morgan fingerprint density at radius 2 is 1.68 bits per heavy atom. The van der Waals surface area contributed by atoms with Crippen LogP contribution in [0.3, 0.4) is 0 Å². The minimum Gasteiger partial charge on any atom is -0.493 e. The summed E-state index contributed by atoms with van der Waals surface area (Å²) in [6, 6.07) is 12.2. The van der Waals surface area contributed by atoms with E-state index in [0.29, 0.717) is 42.6 Å². The van der Waals surface area contributed by atoms with E-state index in [1.807, 2.05) is 36.1 Å². The zero-order valence-electron chi connectivity index (χ0n) is 18.3. The summed E-state index contributed by atoms with van der Waals surface area (Å²) in [5.74, 6) is 1.30. The molecule has 0 aromatic heterocycles. The Kier molecular flexibility index (Phi) is 7.56. The molecule has 0 radical (unpaired) electrons. The van der Waals surface area contributed by atoms with E-state index in [0.717, 1.165) is 24.8 Å². The third kappa shape index (κ3) is 5.77. The van der Waals surface area contributed by atoms with Crippen LogP contribution in [0.25, 0.3) is 0 Å². The number of aryl methyl sites for hydroxylation is 1. The number of hydrogen-bond acceptors (Lipinski definition) is 5. The van der Waals surface area contributed by atoms with Crippen molar-refractivity contribution in [2.24, 2.45) is 5.92 Å². The van der Waals surface area contributed by atoms with E-state index in [1.54, 1.807) is 6.07 Å². The molecule has 8 heteroatoms. The summed E-state index contributed by atoms with van der Waals surface area (Å²) in [7, 11) is -0.659. The topological polar surface area (TPSA) is 84.9 Å². The number of benzene rings is 2. The van der Waals surface area contributed by atoms with Gasteiger partial charge in [0.15, 0.2) is 11.5 Å². The molecular formula is C23H30N2O5S. The number of nitrogens with zero attached hydrogens (tertiary/aromatic N) is 1. The number of carbonyl (C=O) groups is 1. The van der Waals surface area contributed by atoms with Crippen LogP contribution < -0.4 is 14.2 Å². The number of methoxy groups -OCH3 is 2. The lowest BCUT2D eigenvalue weighted by molar-refractivity contribution is 0.0687. The lowest BCUT2D eigenvalue weighted by Crippen LogP contribution is -2.39. The fourth-order valence-corrected chi connectivity index (χ4v) is 4.83. The molecule has 1 aliphatic heterocycles. The van der Waals surface area contributed by atoms with E-state index in [4.69, 9.17) is 9.47 Å². The van der Waals surface area contributed by atoms with Crippen LogP contribution in [0, 0.1) is 12.8 Å². The Labute approximate surface area is 184 Å². The van der Waals surface area contributed by atoms with E-state index < -0.39 is 10.0 Å². The number of amides is 1. The van der Waals surface area contributed by atoms with Crippen molar-refractivity contribution in [3.63, 3.8) is 0 Å². The largest absolute Gasteiger partial charge is 0.493 e. The van der Waals surface area contributed by atoms with Gasteiger partial charge < -0.3 is 14.4 Å². The SMILES string of the molecule is COc1ccc(S(=O)(=O)NCCC2CCN(C(=O)c3ccc(C)cc3)CC2)cc1OC. The van der Waals surface area contributed by atoms with E-state index in [-0.39, 0.29) is 10.8 Å². The number of nitrogens with one attached hydrogen (secondary N) is 1. The molecule has 3 rings (SSSR count). The number of carbonyl (C=O) groups excluding carboxylic acids is 1. The van der Waals surface area contributed by atoms with Crippen LogP contribution in [-0.4, -0.2) is 53.1 Å². The van der Waals surface area contributed by atoms with Gasteiger partial charge in [-0.2, -0.15) is 0 Å². The molecule has 0 spiro atoms. The van der Waals surface area contributed by atoms with Gasteiger partial charge in [-0.15, -0.1) is 0 Å². The van der Waals surface area contributed by atoms with E-state index in [9.17, 15) is 13.2 Å². The average molecular weight is 447 g/mol. The van der Waals surface area contributed by atoms with Crippen LogP contribution in [0.2, 0.25) is 0 Å². The molecular weight excluding hydrogens is 416 g/mol. The average Bonchev–Trinajstić information content (AvgIpc) is 2.79. The highest BCUT2D eigenvalue weighted by molar-refractivity contribution is 7.89. The number of ether oxygens (including phenoxy) is 2. The standard InChI is InChI=1S/C23H30N2O5S/c1-17-4-6-19(7-5-17)23(26)25-14-11-18(12-15-25)10-13-24-31(27,28)20-8-9-21(29-2)22(16-20)30-3/h4-9,16,18,24H,10-15H2,1-3H3. The first kappa shape index (κ1) is 23.1. The number of hydrogen-bond donors (Lipinski definition) is 1. The van der Waals surface area contributed by atoms with Gasteiger partial charge in [-0.05, 0) is 56.4 Å². The summed E-state index contributed by atoms with van der Waals surface area (Å²) in [6.07, 6.45) is 2.48.